The van der Waals surface area contributed by atoms with E-state index in [4.69, 9.17) is 0 Å². The molecule has 0 aliphatic heterocycles. The summed E-state index contributed by atoms with van der Waals surface area (Å²) < 4.78 is 3.47. The molecule has 0 aliphatic carbocycles. The van der Waals surface area contributed by atoms with Crippen LogP contribution in [-0.2, 0) is 0 Å². The Balaban J connectivity index is 1.44. The minimum Gasteiger partial charge on any atom is -0.507 e. The van der Waals surface area contributed by atoms with E-state index < -0.39 is 0 Å². The van der Waals surface area contributed by atoms with E-state index in [-0.39, 0.29) is 11.8 Å². The molecule has 0 radical (unpaired) electrons. The van der Waals surface area contributed by atoms with Gasteiger partial charge in [0, 0.05) is 22.7 Å². The molecule has 1 unspecified atom stereocenters. The van der Waals surface area contributed by atoms with Crippen LogP contribution < -0.4 is 4.72 Å². The first kappa shape index (κ1) is 19.2. The second-order valence-electron chi connectivity index (χ2n) is 6.82. The van der Waals surface area contributed by atoms with Crippen molar-refractivity contribution in [1.82, 2.24) is 4.72 Å². The maximum absolute atomic E-state index is 10.2. The van der Waals surface area contributed by atoms with Crippen molar-refractivity contribution in [3.8, 4) is 5.75 Å². The molecule has 0 fully saturated rings. The lowest BCUT2D eigenvalue weighted by atomic mass is 10.0. The van der Waals surface area contributed by atoms with E-state index in [1.54, 1.807) is 24.2 Å². The zero-order valence-electron chi connectivity index (χ0n) is 16.1. The van der Waals surface area contributed by atoms with Crippen LogP contribution in [0.25, 0.3) is 10.8 Å². The first-order valence-electron chi connectivity index (χ1n) is 9.53. The zero-order chi connectivity index (χ0) is 20.1. The largest absolute Gasteiger partial charge is 0.507 e. The second-order valence-corrected chi connectivity index (χ2v) is 7.74. The van der Waals surface area contributed by atoms with Crippen LogP contribution >= 0.6 is 11.9 Å². The fourth-order valence-corrected chi connectivity index (χ4v) is 3.85. The Labute approximate surface area is 175 Å². The van der Waals surface area contributed by atoms with Gasteiger partial charge >= 0.3 is 0 Å². The average molecular weight is 399 g/mol. The van der Waals surface area contributed by atoms with E-state index in [0.717, 1.165) is 26.9 Å². The molecule has 4 heteroatoms. The maximum Gasteiger partial charge on any atom is 0.124 e. The topological polar surface area (TPSA) is 44.6 Å². The van der Waals surface area contributed by atoms with Crippen molar-refractivity contribution in [1.29, 1.82) is 0 Å². The minimum absolute atomic E-state index is 0.235. The molecule has 0 saturated heterocycles. The Morgan fingerprint density at radius 2 is 1.59 bits per heavy atom. The highest BCUT2D eigenvalue weighted by atomic mass is 32.2. The molecule has 0 bridgehead atoms. The molecule has 3 nitrogen and oxygen atoms in total. The number of nitrogens with zero attached hydrogens (tertiary/aromatic N) is 1. The zero-order valence-corrected chi connectivity index (χ0v) is 16.9. The molecular formula is C25H22N2OS. The summed E-state index contributed by atoms with van der Waals surface area (Å²) in [6.07, 6.45) is 1.73. The van der Waals surface area contributed by atoms with Crippen molar-refractivity contribution in [2.75, 3.05) is 0 Å². The molecule has 0 aromatic heterocycles. The van der Waals surface area contributed by atoms with Gasteiger partial charge in [-0.2, -0.15) is 0 Å². The summed E-state index contributed by atoms with van der Waals surface area (Å²) in [4.78, 5) is 5.68. The Morgan fingerprint density at radius 3 is 2.38 bits per heavy atom. The van der Waals surface area contributed by atoms with Crippen LogP contribution in [0.1, 0.15) is 24.1 Å². The molecule has 1 atom stereocenters. The van der Waals surface area contributed by atoms with Crippen molar-refractivity contribution in [3.05, 3.63) is 102 Å². The van der Waals surface area contributed by atoms with Crippen LogP contribution in [0, 0.1) is 0 Å². The Morgan fingerprint density at radius 1 is 0.862 bits per heavy atom. The lowest BCUT2D eigenvalue weighted by molar-refractivity contribution is 0.475. The number of hydrogen-bond acceptors (Lipinski definition) is 4. The van der Waals surface area contributed by atoms with Crippen LogP contribution in [0.3, 0.4) is 0 Å². The molecule has 0 spiro atoms. The van der Waals surface area contributed by atoms with Gasteiger partial charge in [-0.15, -0.1) is 0 Å². The van der Waals surface area contributed by atoms with E-state index in [0.29, 0.717) is 0 Å². The van der Waals surface area contributed by atoms with Gasteiger partial charge in [0.1, 0.15) is 5.75 Å². The molecule has 0 saturated carbocycles. The summed E-state index contributed by atoms with van der Waals surface area (Å²) in [7, 11) is 0. The van der Waals surface area contributed by atoms with Crippen LogP contribution in [0.15, 0.2) is 101 Å². The van der Waals surface area contributed by atoms with Crippen LogP contribution in [-0.4, -0.2) is 11.3 Å². The highest BCUT2D eigenvalue weighted by Gasteiger charge is 2.06. The third kappa shape index (κ3) is 4.67. The van der Waals surface area contributed by atoms with E-state index in [2.05, 4.69) is 40.9 Å². The van der Waals surface area contributed by atoms with Gasteiger partial charge in [-0.25, -0.2) is 0 Å². The molecule has 0 amide bonds. The number of benzene rings is 4. The summed E-state index contributed by atoms with van der Waals surface area (Å²) in [5.41, 5.74) is 2.84. The van der Waals surface area contributed by atoms with E-state index in [1.807, 2.05) is 60.7 Å². The lowest BCUT2D eigenvalue weighted by Crippen LogP contribution is -2.09. The Hall–Kier alpha value is -3.08. The van der Waals surface area contributed by atoms with Crippen LogP contribution in [0.4, 0.5) is 5.69 Å². The maximum atomic E-state index is 10.2. The van der Waals surface area contributed by atoms with Crippen molar-refractivity contribution in [2.45, 2.75) is 17.9 Å². The van der Waals surface area contributed by atoms with Crippen LogP contribution in [0.2, 0.25) is 0 Å². The molecule has 144 valence electrons. The monoisotopic (exact) mass is 398 g/mol. The summed E-state index contributed by atoms with van der Waals surface area (Å²) in [6, 6.07) is 30.3. The van der Waals surface area contributed by atoms with Gasteiger partial charge in [-0.05, 0) is 65.5 Å². The Kier molecular flexibility index (Phi) is 5.94. The SMILES string of the molecule is CC(NSc1ccc(N=Cc2c(O)ccc3ccccc23)cc1)c1ccccc1. The summed E-state index contributed by atoms with van der Waals surface area (Å²) in [5.74, 6) is 0.235. The minimum atomic E-state index is 0.235. The number of aromatic hydroxyl groups is 1. The van der Waals surface area contributed by atoms with E-state index >= 15 is 0 Å². The number of hydrogen-bond donors (Lipinski definition) is 2. The standard InChI is InChI=1S/C25H22N2OS/c1-18(19-7-3-2-4-8-19)27-29-22-14-12-21(13-15-22)26-17-24-23-10-6-5-9-20(23)11-16-25(24)28/h2-18,27-28H,1H3. The molecule has 29 heavy (non-hydrogen) atoms. The number of aliphatic imine (C=N–C) groups is 1. The molecule has 4 aromatic rings. The summed E-state index contributed by atoms with van der Waals surface area (Å²) >= 11 is 1.61. The molecule has 4 aromatic carbocycles. The van der Waals surface area contributed by atoms with Gasteiger partial charge in [0.05, 0.1) is 5.69 Å². The number of rotatable bonds is 6. The molecular weight excluding hydrogens is 376 g/mol. The fraction of sp³-hybridized carbons (Fsp3) is 0.0800. The van der Waals surface area contributed by atoms with Gasteiger partial charge in [-0.3, -0.25) is 9.71 Å². The number of phenolic OH excluding ortho intramolecular Hbond substituents is 1. The van der Waals surface area contributed by atoms with Crippen molar-refractivity contribution < 1.29 is 5.11 Å². The second kappa shape index (κ2) is 8.95. The van der Waals surface area contributed by atoms with Crippen molar-refractivity contribution in [2.24, 2.45) is 4.99 Å². The van der Waals surface area contributed by atoms with Crippen LogP contribution in [0.5, 0.6) is 5.75 Å². The average Bonchev–Trinajstić information content (AvgIpc) is 2.78. The van der Waals surface area contributed by atoms with Crippen molar-refractivity contribution in [3.63, 3.8) is 0 Å². The Bertz CT molecular complexity index is 1120. The predicted molar refractivity (Wildman–Crippen MR) is 123 cm³/mol. The third-order valence-corrected chi connectivity index (χ3v) is 5.76. The smallest absolute Gasteiger partial charge is 0.124 e. The van der Waals surface area contributed by atoms with Gasteiger partial charge in [0.15, 0.2) is 0 Å². The molecule has 2 N–H and O–H groups in total. The van der Waals surface area contributed by atoms with Gasteiger partial charge < -0.3 is 5.11 Å². The van der Waals surface area contributed by atoms with Gasteiger partial charge in [0.2, 0.25) is 0 Å². The predicted octanol–water partition coefficient (Wildman–Crippen LogP) is 6.65. The van der Waals surface area contributed by atoms with E-state index in [1.165, 1.54) is 5.56 Å². The number of nitrogens with one attached hydrogen (secondary N) is 1. The third-order valence-electron chi connectivity index (χ3n) is 4.78. The molecule has 0 heterocycles. The first-order chi connectivity index (χ1) is 14.2. The van der Waals surface area contributed by atoms with Crippen molar-refractivity contribution >= 4 is 34.6 Å². The van der Waals surface area contributed by atoms with Gasteiger partial charge in [-0.1, -0.05) is 60.7 Å². The summed E-state index contributed by atoms with van der Waals surface area (Å²) in [6.45, 7) is 2.15. The number of phenols is 1. The van der Waals surface area contributed by atoms with E-state index in [9.17, 15) is 5.11 Å². The summed E-state index contributed by atoms with van der Waals surface area (Å²) in [5, 5.41) is 12.3. The highest BCUT2D eigenvalue weighted by Crippen LogP contribution is 2.27. The molecule has 0 aliphatic rings. The van der Waals surface area contributed by atoms with Gasteiger partial charge in [0.25, 0.3) is 0 Å². The normalized spacial score (nSPS) is 12.4. The lowest BCUT2D eigenvalue weighted by Gasteiger charge is -2.13. The number of fused-ring (bicyclic) bond motifs is 1. The first-order valence-corrected chi connectivity index (χ1v) is 10.3. The quantitative estimate of drug-likeness (QED) is 0.282. The fourth-order valence-electron chi connectivity index (χ4n) is 3.13. The highest BCUT2D eigenvalue weighted by molar-refractivity contribution is 7.97. The molecule has 4 rings (SSSR count).